The Morgan fingerprint density at radius 1 is 0.871 bits per heavy atom. The van der Waals surface area contributed by atoms with Crippen LogP contribution in [0.1, 0.15) is 12.0 Å². The minimum absolute atomic E-state index is 0.642. The van der Waals surface area contributed by atoms with Crippen LogP contribution in [0.15, 0.2) is 84.3 Å². The zero-order valence-corrected chi connectivity index (χ0v) is 18.2. The number of benzene rings is 2. The molecule has 158 valence electrons. The Bertz CT molecular complexity index is 1070. The van der Waals surface area contributed by atoms with Crippen LogP contribution in [0.4, 0.5) is 0 Å². The van der Waals surface area contributed by atoms with Gasteiger partial charge < -0.3 is 9.47 Å². The first kappa shape index (κ1) is 20.9. The first-order chi connectivity index (χ1) is 15.3. The van der Waals surface area contributed by atoms with Gasteiger partial charge in [0.15, 0.2) is 11.0 Å². The Balaban J connectivity index is 1.39. The lowest BCUT2D eigenvalue weighted by molar-refractivity contribution is 0.318. The second-order valence-corrected chi connectivity index (χ2v) is 7.90. The average Bonchev–Trinajstić information content (AvgIpc) is 3.22. The topological polar surface area (TPSA) is 62.1 Å². The van der Waals surface area contributed by atoms with Crippen LogP contribution in [0.5, 0.6) is 11.5 Å². The summed E-state index contributed by atoms with van der Waals surface area (Å²) in [6.07, 6.45) is 4.46. The van der Waals surface area contributed by atoms with Gasteiger partial charge in [-0.25, -0.2) is 0 Å². The maximum Gasteiger partial charge on any atom is 0.191 e. The van der Waals surface area contributed by atoms with Crippen molar-refractivity contribution in [2.75, 3.05) is 19.5 Å². The molecule has 31 heavy (non-hydrogen) atoms. The standard InChI is InChI=1S/C24H24N4O2S/c1-29-21-8-10-22(11-9-21)30-16-5-17-31-24-27-26-23(20-12-14-25-15-13-20)28(24)18-19-6-3-2-4-7-19/h2-4,6-15H,5,16-18H2,1H3. The average molecular weight is 433 g/mol. The number of nitrogens with zero attached hydrogens (tertiary/aromatic N) is 4. The van der Waals surface area contributed by atoms with Crippen LogP contribution in [0.25, 0.3) is 11.4 Å². The predicted octanol–water partition coefficient (Wildman–Crippen LogP) is 4.96. The summed E-state index contributed by atoms with van der Waals surface area (Å²) in [6.45, 7) is 1.36. The minimum Gasteiger partial charge on any atom is -0.497 e. The molecule has 0 N–H and O–H groups in total. The lowest BCUT2D eigenvalue weighted by atomic mass is 10.2. The fraction of sp³-hybridized carbons (Fsp3) is 0.208. The van der Waals surface area contributed by atoms with E-state index in [0.29, 0.717) is 6.61 Å². The van der Waals surface area contributed by atoms with Gasteiger partial charge in [-0.1, -0.05) is 42.1 Å². The molecule has 4 rings (SSSR count). The first-order valence-corrected chi connectivity index (χ1v) is 11.1. The number of hydrogen-bond acceptors (Lipinski definition) is 6. The van der Waals surface area contributed by atoms with Crippen LogP contribution in [-0.4, -0.2) is 39.2 Å². The molecule has 2 aromatic carbocycles. The van der Waals surface area contributed by atoms with E-state index in [0.717, 1.165) is 46.8 Å². The van der Waals surface area contributed by atoms with Gasteiger partial charge in [0, 0.05) is 23.7 Å². The van der Waals surface area contributed by atoms with Gasteiger partial charge in [-0.05, 0) is 48.4 Å². The van der Waals surface area contributed by atoms with E-state index in [2.05, 4.69) is 44.0 Å². The molecular weight excluding hydrogens is 408 g/mol. The summed E-state index contributed by atoms with van der Waals surface area (Å²) < 4.78 is 13.2. The van der Waals surface area contributed by atoms with E-state index >= 15 is 0 Å². The monoisotopic (exact) mass is 432 g/mol. The van der Waals surface area contributed by atoms with Crippen molar-refractivity contribution in [2.24, 2.45) is 0 Å². The molecule has 0 saturated carbocycles. The summed E-state index contributed by atoms with van der Waals surface area (Å²) in [5, 5.41) is 9.83. The molecule has 0 radical (unpaired) electrons. The van der Waals surface area contributed by atoms with Gasteiger partial charge in [0.2, 0.25) is 0 Å². The van der Waals surface area contributed by atoms with Crippen LogP contribution in [-0.2, 0) is 6.54 Å². The molecule has 0 unspecified atom stereocenters. The maximum absolute atomic E-state index is 5.83. The smallest absolute Gasteiger partial charge is 0.191 e. The highest BCUT2D eigenvalue weighted by Gasteiger charge is 2.14. The van der Waals surface area contributed by atoms with Crippen molar-refractivity contribution in [3.8, 4) is 22.9 Å². The number of hydrogen-bond donors (Lipinski definition) is 0. The van der Waals surface area contributed by atoms with Crippen molar-refractivity contribution in [1.29, 1.82) is 0 Å². The minimum atomic E-state index is 0.642. The summed E-state index contributed by atoms with van der Waals surface area (Å²) in [5.41, 5.74) is 2.22. The van der Waals surface area contributed by atoms with Crippen LogP contribution in [0.3, 0.4) is 0 Å². The third kappa shape index (κ3) is 5.64. The van der Waals surface area contributed by atoms with Gasteiger partial charge in [-0.2, -0.15) is 0 Å². The van der Waals surface area contributed by atoms with Crippen LogP contribution < -0.4 is 9.47 Å². The van der Waals surface area contributed by atoms with Crippen molar-refractivity contribution < 1.29 is 9.47 Å². The molecule has 0 amide bonds. The predicted molar refractivity (Wildman–Crippen MR) is 123 cm³/mol. The van der Waals surface area contributed by atoms with Gasteiger partial charge >= 0.3 is 0 Å². The molecule has 6 nitrogen and oxygen atoms in total. The molecule has 0 saturated heterocycles. The van der Waals surface area contributed by atoms with Crippen molar-refractivity contribution in [3.05, 3.63) is 84.7 Å². The number of rotatable bonds is 10. The van der Waals surface area contributed by atoms with E-state index in [1.54, 1.807) is 31.3 Å². The SMILES string of the molecule is COc1ccc(OCCCSc2nnc(-c3ccncc3)n2Cc2ccccc2)cc1. The second-order valence-electron chi connectivity index (χ2n) is 6.84. The quantitative estimate of drug-likeness (QED) is 0.261. The molecule has 2 aromatic heterocycles. The lowest BCUT2D eigenvalue weighted by Crippen LogP contribution is -2.05. The lowest BCUT2D eigenvalue weighted by Gasteiger charge is -2.11. The highest BCUT2D eigenvalue weighted by molar-refractivity contribution is 7.99. The summed E-state index contributed by atoms with van der Waals surface area (Å²) in [5.74, 6) is 3.41. The Hall–Kier alpha value is -3.32. The van der Waals surface area contributed by atoms with Crippen molar-refractivity contribution in [3.63, 3.8) is 0 Å². The molecule has 2 heterocycles. The van der Waals surface area contributed by atoms with Crippen LogP contribution >= 0.6 is 11.8 Å². The van der Waals surface area contributed by atoms with E-state index in [1.807, 2.05) is 42.5 Å². The Morgan fingerprint density at radius 2 is 1.61 bits per heavy atom. The Morgan fingerprint density at radius 3 is 2.35 bits per heavy atom. The summed E-state index contributed by atoms with van der Waals surface area (Å²) in [4.78, 5) is 4.11. The third-order valence-corrected chi connectivity index (χ3v) is 5.74. The fourth-order valence-corrected chi connectivity index (χ4v) is 3.95. The van der Waals surface area contributed by atoms with E-state index in [4.69, 9.17) is 9.47 Å². The molecule has 0 bridgehead atoms. The summed E-state index contributed by atoms with van der Waals surface area (Å²) in [7, 11) is 1.66. The normalized spacial score (nSPS) is 10.7. The number of thioether (sulfide) groups is 1. The van der Waals surface area contributed by atoms with E-state index in [9.17, 15) is 0 Å². The molecule has 0 aliphatic carbocycles. The van der Waals surface area contributed by atoms with Crippen molar-refractivity contribution in [1.82, 2.24) is 19.7 Å². The van der Waals surface area contributed by atoms with Crippen LogP contribution in [0, 0.1) is 0 Å². The molecule has 4 aromatic rings. The molecule has 0 spiro atoms. The van der Waals surface area contributed by atoms with E-state index in [-0.39, 0.29) is 0 Å². The van der Waals surface area contributed by atoms with Crippen LogP contribution in [0.2, 0.25) is 0 Å². The van der Waals surface area contributed by atoms with E-state index in [1.165, 1.54) is 5.56 Å². The number of ether oxygens (including phenoxy) is 2. The molecule has 0 aliphatic rings. The largest absolute Gasteiger partial charge is 0.497 e. The molecule has 7 heteroatoms. The van der Waals surface area contributed by atoms with Gasteiger partial charge in [-0.3, -0.25) is 9.55 Å². The highest BCUT2D eigenvalue weighted by Crippen LogP contribution is 2.25. The number of aromatic nitrogens is 4. The number of methoxy groups -OCH3 is 1. The maximum atomic E-state index is 5.83. The van der Waals surface area contributed by atoms with Gasteiger partial charge in [-0.15, -0.1) is 10.2 Å². The molecule has 0 fully saturated rings. The Labute approximate surface area is 186 Å². The van der Waals surface area contributed by atoms with Gasteiger partial charge in [0.25, 0.3) is 0 Å². The zero-order valence-electron chi connectivity index (χ0n) is 17.3. The van der Waals surface area contributed by atoms with Gasteiger partial charge in [0.05, 0.1) is 20.3 Å². The highest BCUT2D eigenvalue weighted by atomic mass is 32.2. The first-order valence-electron chi connectivity index (χ1n) is 10.1. The second kappa shape index (κ2) is 10.6. The number of pyridine rings is 1. The summed E-state index contributed by atoms with van der Waals surface area (Å²) in [6, 6.07) is 21.9. The summed E-state index contributed by atoms with van der Waals surface area (Å²) >= 11 is 1.70. The zero-order chi connectivity index (χ0) is 21.3. The fourth-order valence-electron chi connectivity index (χ4n) is 3.10. The third-order valence-electron chi connectivity index (χ3n) is 4.69. The molecule has 0 aliphatic heterocycles. The van der Waals surface area contributed by atoms with Gasteiger partial charge in [0.1, 0.15) is 11.5 Å². The van der Waals surface area contributed by atoms with Crippen molar-refractivity contribution in [2.45, 2.75) is 18.1 Å². The molecular formula is C24H24N4O2S. The molecule has 0 atom stereocenters. The van der Waals surface area contributed by atoms with Crippen molar-refractivity contribution >= 4 is 11.8 Å². The van der Waals surface area contributed by atoms with E-state index < -0.39 is 0 Å². The Kier molecular flexibility index (Phi) is 7.18.